The average Bonchev–Trinajstić information content (AvgIpc) is 2.10. The molecule has 0 atom stereocenters. The zero-order valence-corrected chi connectivity index (χ0v) is 9.52. The highest BCUT2D eigenvalue weighted by Gasteiger charge is 2.30. The van der Waals surface area contributed by atoms with E-state index >= 15 is 0 Å². The smallest absolute Gasteiger partial charge is 0.179 e. The molecule has 0 fully saturated rings. The van der Waals surface area contributed by atoms with Gasteiger partial charge in [0.1, 0.15) is 0 Å². The van der Waals surface area contributed by atoms with E-state index in [1.807, 2.05) is 6.92 Å². The third-order valence-corrected chi connectivity index (χ3v) is 4.53. The summed E-state index contributed by atoms with van der Waals surface area (Å²) in [5, 5.41) is 0. The number of carbonyl (C=O) groups is 1. The Hall–Kier alpha value is -1.16. The molecule has 0 aromatic heterocycles. The lowest BCUT2D eigenvalue weighted by atomic mass is 10.0. The van der Waals surface area contributed by atoms with Gasteiger partial charge in [0, 0.05) is 12.0 Å². The van der Waals surface area contributed by atoms with Gasteiger partial charge in [0.15, 0.2) is 15.6 Å². The summed E-state index contributed by atoms with van der Waals surface area (Å²) < 4.78 is 23.6. The molecule has 0 radical (unpaired) electrons. The molecule has 4 heteroatoms. The molecule has 1 heterocycles. The fourth-order valence-corrected chi connectivity index (χ4v) is 3.75. The maximum absolute atomic E-state index is 11.8. The molecule has 0 bridgehead atoms. The van der Waals surface area contributed by atoms with E-state index in [-0.39, 0.29) is 22.9 Å². The van der Waals surface area contributed by atoms with Crippen LogP contribution in [-0.2, 0) is 9.84 Å². The van der Waals surface area contributed by atoms with Crippen LogP contribution in [0.15, 0.2) is 17.0 Å². The standard InChI is InChI=1S/C11H12O3S/c1-7-5-8(2)11-9(6-7)10(12)3-4-15(11,13)14/h5-6H,3-4H2,1-2H3. The third kappa shape index (κ3) is 1.59. The van der Waals surface area contributed by atoms with E-state index in [9.17, 15) is 13.2 Å². The van der Waals surface area contributed by atoms with Gasteiger partial charge in [-0.3, -0.25) is 4.79 Å². The Balaban J connectivity index is 2.85. The molecule has 0 aliphatic carbocycles. The van der Waals surface area contributed by atoms with E-state index in [2.05, 4.69) is 0 Å². The maximum Gasteiger partial charge on any atom is 0.179 e. The number of hydrogen-bond donors (Lipinski definition) is 0. The van der Waals surface area contributed by atoms with Crippen LogP contribution < -0.4 is 0 Å². The van der Waals surface area contributed by atoms with Crippen LogP contribution in [0.3, 0.4) is 0 Å². The maximum atomic E-state index is 11.8. The Kier molecular flexibility index (Phi) is 2.19. The van der Waals surface area contributed by atoms with Crippen LogP contribution in [0.2, 0.25) is 0 Å². The van der Waals surface area contributed by atoms with Crippen molar-refractivity contribution in [2.24, 2.45) is 0 Å². The Bertz CT molecular complexity index is 541. The van der Waals surface area contributed by atoms with Gasteiger partial charge in [0.2, 0.25) is 0 Å². The largest absolute Gasteiger partial charge is 0.294 e. The highest BCUT2D eigenvalue weighted by Crippen LogP contribution is 2.29. The second-order valence-electron chi connectivity index (χ2n) is 3.95. The average molecular weight is 224 g/mol. The van der Waals surface area contributed by atoms with Crippen LogP contribution in [0.25, 0.3) is 0 Å². The van der Waals surface area contributed by atoms with E-state index < -0.39 is 9.84 Å². The van der Waals surface area contributed by atoms with Crippen LogP contribution in [-0.4, -0.2) is 20.0 Å². The first-order valence-corrected chi connectivity index (χ1v) is 6.44. The van der Waals surface area contributed by atoms with Gasteiger partial charge >= 0.3 is 0 Å². The molecule has 0 saturated carbocycles. The summed E-state index contributed by atoms with van der Waals surface area (Å²) in [4.78, 5) is 11.9. The molecule has 3 nitrogen and oxygen atoms in total. The molecule has 0 saturated heterocycles. The van der Waals surface area contributed by atoms with Crippen molar-refractivity contribution >= 4 is 15.6 Å². The van der Waals surface area contributed by atoms with Crippen molar-refractivity contribution in [2.75, 3.05) is 5.75 Å². The number of Topliss-reactive ketones (excluding diaryl/α,β-unsaturated/α-hetero) is 1. The van der Waals surface area contributed by atoms with Gasteiger partial charge in [-0.2, -0.15) is 0 Å². The Labute approximate surface area is 89.0 Å². The molecule has 1 aliphatic heterocycles. The lowest BCUT2D eigenvalue weighted by Crippen LogP contribution is -2.22. The number of benzene rings is 1. The minimum atomic E-state index is -3.24. The summed E-state index contributed by atoms with van der Waals surface area (Å²) in [6.45, 7) is 3.60. The number of hydrogen-bond acceptors (Lipinski definition) is 3. The first kappa shape index (κ1) is 10.4. The number of rotatable bonds is 0. The summed E-state index contributed by atoms with van der Waals surface area (Å²) in [5.41, 5.74) is 1.98. The fraction of sp³-hybridized carbons (Fsp3) is 0.364. The first-order valence-electron chi connectivity index (χ1n) is 4.79. The molecular weight excluding hydrogens is 212 g/mol. The molecule has 1 aromatic rings. The summed E-state index contributed by atoms with van der Waals surface area (Å²) in [7, 11) is -3.24. The fourth-order valence-electron chi connectivity index (χ4n) is 2.04. The summed E-state index contributed by atoms with van der Waals surface area (Å²) >= 11 is 0. The molecule has 0 N–H and O–H groups in total. The van der Waals surface area contributed by atoms with Gasteiger partial charge in [0.05, 0.1) is 10.6 Å². The van der Waals surface area contributed by atoms with Crippen molar-refractivity contribution in [1.82, 2.24) is 0 Å². The Morgan fingerprint density at radius 3 is 2.53 bits per heavy atom. The minimum Gasteiger partial charge on any atom is -0.294 e. The summed E-state index contributed by atoms with van der Waals surface area (Å²) in [6.07, 6.45) is 0.109. The van der Waals surface area contributed by atoms with Crippen molar-refractivity contribution < 1.29 is 13.2 Å². The SMILES string of the molecule is Cc1cc(C)c2c(c1)C(=O)CCS2(=O)=O. The third-order valence-electron chi connectivity index (χ3n) is 2.63. The van der Waals surface area contributed by atoms with Gasteiger partial charge in [-0.05, 0) is 25.5 Å². The minimum absolute atomic E-state index is 0.0528. The van der Waals surface area contributed by atoms with E-state index in [1.165, 1.54) is 0 Å². The molecule has 15 heavy (non-hydrogen) atoms. The van der Waals surface area contributed by atoms with Crippen molar-refractivity contribution in [1.29, 1.82) is 0 Å². The number of ketones is 1. The highest BCUT2D eigenvalue weighted by molar-refractivity contribution is 7.91. The Morgan fingerprint density at radius 1 is 1.20 bits per heavy atom. The van der Waals surface area contributed by atoms with Gasteiger partial charge in [-0.25, -0.2) is 8.42 Å². The van der Waals surface area contributed by atoms with E-state index in [0.717, 1.165) is 5.56 Å². The van der Waals surface area contributed by atoms with E-state index in [0.29, 0.717) is 11.1 Å². The molecule has 0 spiro atoms. The van der Waals surface area contributed by atoms with Gasteiger partial charge < -0.3 is 0 Å². The monoisotopic (exact) mass is 224 g/mol. The van der Waals surface area contributed by atoms with Crippen molar-refractivity contribution in [3.63, 3.8) is 0 Å². The quantitative estimate of drug-likeness (QED) is 0.673. The van der Waals surface area contributed by atoms with Crippen molar-refractivity contribution in [3.05, 3.63) is 28.8 Å². The first-order chi connectivity index (χ1) is 6.92. The van der Waals surface area contributed by atoms with Crippen LogP contribution in [0.1, 0.15) is 27.9 Å². The number of sulfone groups is 1. The van der Waals surface area contributed by atoms with Crippen molar-refractivity contribution in [3.8, 4) is 0 Å². The van der Waals surface area contributed by atoms with Crippen molar-refractivity contribution in [2.45, 2.75) is 25.2 Å². The van der Waals surface area contributed by atoms with Gasteiger partial charge in [0.25, 0.3) is 0 Å². The molecule has 0 amide bonds. The molecule has 80 valence electrons. The summed E-state index contributed by atoms with van der Waals surface area (Å²) in [6, 6.07) is 3.47. The molecule has 1 aromatic carbocycles. The van der Waals surface area contributed by atoms with Crippen LogP contribution in [0.5, 0.6) is 0 Å². The second kappa shape index (κ2) is 3.17. The Morgan fingerprint density at radius 2 is 1.87 bits per heavy atom. The lowest BCUT2D eigenvalue weighted by Gasteiger charge is -2.18. The second-order valence-corrected chi connectivity index (χ2v) is 6.00. The number of aryl methyl sites for hydroxylation is 2. The normalized spacial score (nSPS) is 18.7. The predicted octanol–water partition coefficient (Wildman–Crippen LogP) is 1.66. The van der Waals surface area contributed by atoms with Crippen LogP contribution in [0.4, 0.5) is 0 Å². The summed E-state index contributed by atoms with van der Waals surface area (Å²) in [5.74, 6) is -0.116. The number of carbonyl (C=O) groups excluding carboxylic acids is 1. The van der Waals surface area contributed by atoms with Crippen LogP contribution >= 0.6 is 0 Å². The van der Waals surface area contributed by atoms with Gasteiger partial charge in [-0.1, -0.05) is 11.6 Å². The molecule has 0 unspecified atom stereocenters. The zero-order valence-electron chi connectivity index (χ0n) is 8.70. The van der Waals surface area contributed by atoms with Gasteiger partial charge in [-0.15, -0.1) is 0 Å². The number of fused-ring (bicyclic) bond motifs is 1. The molecule has 2 rings (SSSR count). The molecular formula is C11H12O3S. The molecule has 1 aliphatic rings. The van der Waals surface area contributed by atoms with E-state index in [1.54, 1.807) is 19.1 Å². The van der Waals surface area contributed by atoms with Crippen LogP contribution in [0, 0.1) is 13.8 Å². The topological polar surface area (TPSA) is 51.2 Å². The highest BCUT2D eigenvalue weighted by atomic mass is 32.2. The lowest BCUT2D eigenvalue weighted by molar-refractivity contribution is 0.0982. The predicted molar refractivity (Wildman–Crippen MR) is 56.9 cm³/mol. The van der Waals surface area contributed by atoms with E-state index in [4.69, 9.17) is 0 Å². The zero-order chi connectivity index (χ0) is 11.2.